The van der Waals surface area contributed by atoms with Crippen LogP contribution in [0, 0.1) is 0 Å². The van der Waals surface area contributed by atoms with E-state index in [1.165, 1.54) is 16.2 Å². The summed E-state index contributed by atoms with van der Waals surface area (Å²) in [5, 5.41) is 6.10. The van der Waals surface area contributed by atoms with Gasteiger partial charge in [-0.2, -0.15) is 5.10 Å². The van der Waals surface area contributed by atoms with E-state index in [4.69, 9.17) is 11.6 Å². The first kappa shape index (κ1) is 7.61. The third-order valence-corrected chi connectivity index (χ3v) is 0.522. The zero-order chi connectivity index (χ0) is 6.41. The molecule has 0 amide bonds. The molecule has 0 aliphatic rings. The Labute approximate surface area is 56.5 Å². The molecule has 0 fully saturated rings. The summed E-state index contributed by atoms with van der Waals surface area (Å²) >= 11 is 1.17. The minimum atomic E-state index is 0.606. The number of H-pyrrole nitrogens is 1. The van der Waals surface area contributed by atoms with Gasteiger partial charge in [0.15, 0.2) is 0 Å². The molecule has 0 aromatic carbocycles. The van der Waals surface area contributed by atoms with Crippen LogP contribution in [0.3, 0.4) is 0 Å². The van der Waals surface area contributed by atoms with Crippen molar-refractivity contribution in [2.75, 3.05) is 0 Å². The minimum absolute atomic E-state index is 0.606. The number of hydrogen-bond donors (Lipinski definition) is 1. The van der Waals surface area contributed by atoms with Crippen molar-refractivity contribution in [3.8, 4) is 0 Å². The molecule has 3 radical (unpaired) electrons. The molecule has 37 valence electrons. The number of hydrogen-bond acceptors (Lipinski definition) is 2. The van der Waals surface area contributed by atoms with Crippen LogP contribution in [0.2, 0.25) is 0 Å². The van der Waals surface area contributed by atoms with E-state index in [1.54, 1.807) is 12.3 Å². The van der Waals surface area contributed by atoms with Gasteiger partial charge in [0.2, 0.25) is 0 Å². The third-order valence-electron chi connectivity index (χ3n) is 0.522. The zero-order valence-electron chi connectivity index (χ0n) is 4.16. The summed E-state index contributed by atoms with van der Waals surface area (Å²) in [4.78, 5) is 0. The maximum absolute atomic E-state index is 8.17. The van der Waals surface area contributed by atoms with Crippen molar-refractivity contribution in [3.63, 3.8) is 0 Å². The van der Waals surface area contributed by atoms with Gasteiger partial charge in [0, 0.05) is 6.20 Å². The molecule has 1 aromatic rings. The molecule has 0 atom stereocenters. The zero-order valence-corrected chi connectivity index (χ0v) is 5.32. The van der Waals surface area contributed by atoms with Crippen molar-refractivity contribution in [3.05, 3.63) is 12.3 Å². The van der Waals surface area contributed by atoms with Crippen molar-refractivity contribution in [1.29, 1.82) is 0 Å². The Morgan fingerprint density at radius 2 is 2.38 bits per heavy atom. The Bertz CT molecular complexity index is 132. The fourth-order valence-electron chi connectivity index (χ4n) is 0.267. The molecule has 1 aromatic heterocycles. The summed E-state index contributed by atoms with van der Waals surface area (Å²) in [6.45, 7) is 0. The Balaban J connectivity index is 0.000000222. The van der Waals surface area contributed by atoms with Gasteiger partial charge in [-0.15, -0.1) is 0 Å². The number of nitrogens with zero attached hydrogens (tertiary/aromatic N) is 1. The Hall–Kier alpha value is -0.393. The van der Waals surface area contributed by atoms with Crippen molar-refractivity contribution >= 4 is 29.7 Å². The number of nitrogens with one attached hydrogen (secondary N) is 1. The second-order valence-corrected chi connectivity index (χ2v) is 1.01. The first-order valence-corrected chi connectivity index (χ1v) is 2.35. The molecule has 8 heavy (non-hydrogen) atoms. The molecular formula is C3H3AlBN2O. The van der Waals surface area contributed by atoms with Crippen LogP contribution in [0.25, 0.3) is 0 Å². The third kappa shape index (κ3) is 2.73. The van der Waals surface area contributed by atoms with Gasteiger partial charge in [-0.3, -0.25) is 5.10 Å². The van der Waals surface area contributed by atoms with Gasteiger partial charge in [0.1, 0.15) is 7.85 Å². The standard InChI is InChI=1S/C3H3BN2.Al.O/c4-3-1-2-5-6-3;;/h1-2H,(H,5,6);;. The molecule has 1 rings (SSSR count). The quantitative estimate of drug-likeness (QED) is 0.433. The number of aromatic nitrogens is 2. The fourth-order valence-corrected chi connectivity index (χ4v) is 0.267. The van der Waals surface area contributed by atoms with Crippen molar-refractivity contribution in [1.82, 2.24) is 10.2 Å². The Kier molecular flexibility index (Phi) is 4.53. The van der Waals surface area contributed by atoms with E-state index < -0.39 is 0 Å². The topological polar surface area (TPSA) is 45.8 Å². The second-order valence-electron chi connectivity index (χ2n) is 1.01. The van der Waals surface area contributed by atoms with Crippen molar-refractivity contribution < 1.29 is 3.80 Å². The normalized spacial score (nSPS) is 6.88. The summed E-state index contributed by atoms with van der Waals surface area (Å²) in [7, 11) is 5.16. The molecule has 0 aliphatic heterocycles. The van der Waals surface area contributed by atoms with Crippen LogP contribution in [-0.4, -0.2) is 34.3 Å². The van der Waals surface area contributed by atoms with E-state index in [0.717, 1.165) is 0 Å². The van der Waals surface area contributed by atoms with Crippen LogP contribution in [0.4, 0.5) is 0 Å². The van der Waals surface area contributed by atoms with Crippen LogP contribution >= 0.6 is 0 Å². The van der Waals surface area contributed by atoms with E-state index in [9.17, 15) is 0 Å². The Morgan fingerprint density at radius 1 is 1.75 bits per heavy atom. The molecule has 5 heteroatoms. The van der Waals surface area contributed by atoms with Crippen LogP contribution in [-0.2, 0) is 3.80 Å². The molecule has 0 saturated carbocycles. The average molecular weight is 121 g/mol. The summed E-state index contributed by atoms with van der Waals surface area (Å²) in [5.74, 6) is 0. The molecule has 1 N–H and O–H groups in total. The van der Waals surface area contributed by atoms with E-state index in [0.29, 0.717) is 5.59 Å². The molecule has 0 aliphatic carbocycles. The van der Waals surface area contributed by atoms with Crippen LogP contribution in [0.1, 0.15) is 0 Å². The predicted molar refractivity (Wildman–Crippen MR) is 30.4 cm³/mol. The molecule has 0 unspecified atom stereocenters. The van der Waals surface area contributed by atoms with Crippen LogP contribution in [0.15, 0.2) is 12.3 Å². The van der Waals surface area contributed by atoms with Gasteiger partial charge in [-0.1, -0.05) is 0 Å². The summed E-state index contributed by atoms with van der Waals surface area (Å²) in [5.41, 5.74) is 0.606. The van der Waals surface area contributed by atoms with E-state index in [-0.39, 0.29) is 0 Å². The van der Waals surface area contributed by atoms with Gasteiger partial charge in [-0.05, 0) is 11.7 Å². The summed E-state index contributed by atoms with van der Waals surface area (Å²) in [6, 6.07) is 1.69. The molecule has 1 heterocycles. The Morgan fingerprint density at radius 3 is 2.50 bits per heavy atom. The SMILES string of the molecule is [B]c1ccn[nH]1.[O]=[Al]. The van der Waals surface area contributed by atoms with E-state index in [1.807, 2.05) is 0 Å². The fraction of sp³-hybridized carbons (Fsp3) is 0. The van der Waals surface area contributed by atoms with Crippen LogP contribution < -0.4 is 5.59 Å². The molecule has 0 saturated heterocycles. The average Bonchev–Trinajstić information content (AvgIpc) is 2.24. The van der Waals surface area contributed by atoms with Crippen molar-refractivity contribution in [2.45, 2.75) is 0 Å². The predicted octanol–water partition coefficient (Wildman–Crippen LogP) is -1.30. The monoisotopic (exact) mass is 121 g/mol. The van der Waals surface area contributed by atoms with Gasteiger partial charge in [-0.25, -0.2) is 0 Å². The van der Waals surface area contributed by atoms with Crippen LogP contribution in [0.5, 0.6) is 0 Å². The first-order chi connectivity index (χ1) is 3.89. The van der Waals surface area contributed by atoms with Gasteiger partial charge in [0.25, 0.3) is 0 Å². The number of aromatic amines is 1. The molecular weight excluding hydrogens is 118 g/mol. The summed E-state index contributed by atoms with van der Waals surface area (Å²) < 4.78 is 8.17. The maximum atomic E-state index is 8.17. The van der Waals surface area contributed by atoms with Gasteiger partial charge in [0.05, 0.1) is 0 Å². The van der Waals surface area contributed by atoms with E-state index in [2.05, 4.69) is 10.2 Å². The molecule has 0 spiro atoms. The van der Waals surface area contributed by atoms with Gasteiger partial charge < -0.3 is 0 Å². The first-order valence-electron chi connectivity index (χ1n) is 1.88. The van der Waals surface area contributed by atoms with E-state index >= 15 is 0 Å². The molecule has 0 bridgehead atoms. The van der Waals surface area contributed by atoms with Crippen molar-refractivity contribution in [2.24, 2.45) is 0 Å². The second kappa shape index (κ2) is 4.76. The number of rotatable bonds is 0. The summed E-state index contributed by atoms with van der Waals surface area (Å²) in [6.07, 6.45) is 1.61. The van der Waals surface area contributed by atoms with Gasteiger partial charge >= 0.3 is 20.0 Å². The molecule has 3 nitrogen and oxygen atoms in total.